The van der Waals surface area contributed by atoms with Gasteiger partial charge in [0, 0.05) is 12.6 Å². The SMILES string of the molecule is CCN1CCCC(Nc2c(C)cc(Cl)nc2Cl)CC1. The van der Waals surface area contributed by atoms with Gasteiger partial charge in [-0.2, -0.15) is 0 Å². The van der Waals surface area contributed by atoms with Crippen LogP contribution in [0.1, 0.15) is 31.7 Å². The molecule has 1 fully saturated rings. The van der Waals surface area contributed by atoms with E-state index in [0.29, 0.717) is 16.3 Å². The molecule has 106 valence electrons. The standard InChI is InChI=1S/C14H21Cl2N3/c1-3-19-7-4-5-11(6-8-19)17-13-10(2)9-12(15)18-14(13)16/h9,11,17H,3-8H2,1-2H3. The number of rotatable bonds is 3. The molecule has 0 bridgehead atoms. The molecule has 0 radical (unpaired) electrons. The minimum Gasteiger partial charge on any atom is -0.380 e. The molecule has 0 aromatic carbocycles. The molecule has 0 aliphatic carbocycles. The van der Waals surface area contributed by atoms with Gasteiger partial charge in [0.2, 0.25) is 0 Å². The van der Waals surface area contributed by atoms with E-state index in [4.69, 9.17) is 23.2 Å². The van der Waals surface area contributed by atoms with Gasteiger partial charge in [-0.25, -0.2) is 4.98 Å². The Bertz CT molecular complexity index is 414. The highest BCUT2D eigenvalue weighted by Gasteiger charge is 2.18. The average Bonchev–Trinajstić information content (AvgIpc) is 2.58. The number of nitrogens with one attached hydrogen (secondary N) is 1. The summed E-state index contributed by atoms with van der Waals surface area (Å²) < 4.78 is 0. The van der Waals surface area contributed by atoms with Gasteiger partial charge in [-0.05, 0) is 50.9 Å². The van der Waals surface area contributed by atoms with Crippen molar-refractivity contribution in [3.63, 3.8) is 0 Å². The molecule has 1 atom stereocenters. The fourth-order valence-electron chi connectivity index (χ4n) is 2.59. The summed E-state index contributed by atoms with van der Waals surface area (Å²) in [5.74, 6) is 0. The number of hydrogen-bond donors (Lipinski definition) is 1. The van der Waals surface area contributed by atoms with Gasteiger partial charge in [0.05, 0.1) is 5.69 Å². The molecule has 5 heteroatoms. The van der Waals surface area contributed by atoms with Gasteiger partial charge in [-0.3, -0.25) is 0 Å². The second kappa shape index (κ2) is 6.78. The van der Waals surface area contributed by atoms with Crippen molar-refractivity contribution in [3.05, 3.63) is 21.9 Å². The first-order valence-electron chi connectivity index (χ1n) is 6.91. The fraction of sp³-hybridized carbons (Fsp3) is 0.643. The number of likely N-dealkylation sites (tertiary alicyclic amines) is 1. The smallest absolute Gasteiger partial charge is 0.154 e. The molecule has 1 unspecified atom stereocenters. The molecule has 1 aliphatic rings. The number of aromatic nitrogens is 1. The average molecular weight is 302 g/mol. The van der Waals surface area contributed by atoms with E-state index >= 15 is 0 Å². The van der Waals surface area contributed by atoms with Crippen molar-refractivity contribution in [2.24, 2.45) is 0 Å². The van der Waals surface area contributed by atoms with Crippen molar-refractivity contribution in [2.75, 3.05) is 25.0 Å². The number of aryl methyl sites for hydroxylation is 1. The summed E-state index contributed by atoms with van der Waals surface area (Å²) in [6.45, 7) is 7.70. The quantitative estimate of drug-likeness (QED) is 0.856. The second-order valence-corrected chi connectivity index (χ2v) is 5.88. The maximum absolute atomic E-state index is 6.18. The van der Waals surface area contributed by atoms with Crippen LogP contribution in [0.5, 0.6) is 0 Å². The Balaban J connectivity index is 2.05. The van der Waals surface area contributed by atoms with Crippen LogP contribution in [-0.2, 0) is 0 Å². The van der Waals surface area contributed by atoms with Gasteiger partial charge >= 0.3 is 0 Å². The summed E-state index contributed by atoms with van der Waals surface area (Å²) in [6.07, 6.45) is 3.55. The van der Waals surface area contributed by atoms with Crippen molar-refractivity contribution in [1.29, 1.82) is 0 Å². The molecule has 1 N–H and O–H groups in total. The molecular weight excluding hydrogens is 281 g/mol. The normalized spacial score (nSPS) is 21.2. The van der Waals surface area contributed by atoms with E-state index in [0.717, 1.165) is 30.8 Å². The summed E-state index contributed by atoms with van der Waals surface area (Å²) in [5.41, 5.74) is 1.99. The van der Waals surface area contributed by atoms with E-state index in [1.165, 1.54) is 19.4 Å². The van der Waals surface area contributed by atoms with E-state index in [-0.39, 0.29) is 0 Å². The van der Waals surface area contributed by atoms with Crippen molar-refractivity contribution < 1.29 is 0 Å². The Morgan fingerprint density at radius 1 is 1.37 bits per heavy atom. The monoisotopic (exact) mass is 301 g/mol. The van der Waals surface area contributed by atoms with Gasteiger partial charge in [0.15, 0.2) is 5.15 Å². The topological polar surface area (TPSA) is 28.2 Å². The van der Waals surface area contributed by atoms with Gasteiger partial charge < -0.3 is 10.2 Å². The number of pyridine rings is 1. The lowest BCUT2D eigenvalue weighted by Gasteiger charge is -2.20. The Kier molecular flexibility index (Phi) is 5.31. The summed E-state index contributed by atoms with van der Waals surface area (Å²) in [5, 5.41) is 4.47. The van der Waals surface area contributed by atoms with E-state index < -0.39 is 0 Å². The van der Waals surface area contributed by atoms with Crippen molar-refractivity contribution in [2.45, 2.75) is 39.2 Å². The molecule has 1 aliphatic heterocycles. The first-order chi connectivity index (χ1) is 9.10. The summed E-state index contributed by atoms with van der Waals surface area (Å²) in [6, 6.07) is 2.32. The lowest BCUT2D eigenvalue weighted by molar-refractivity contribution is 0.300. The molecule has 1 saturated heterocycles. The molecule has 1 aromatic heterocycles. The van der Waals surface area contributed by atoms with Gasteiger partial charge in [-0.15, -0.1) is 0 Å². The fourth-order valence-corrected chi connectivity index (χ4v) is 3.18. The van der Waals surface area contributed by atoms with Crippen LogP contribution in [0.3, 0.4) is 0 Å². The third-order valence-electron chi connectivity index (χ3n) is 3.76. The van der Waals surface area contributed by atoms with Gasteiger partial charge in [-0.1, -0.05) is 30.1 Å². The van der Waals surface area contributed by atoms with Crippen molar-refractivity contribution in [3.8, 4) is 0 Å². The molecule has 1 aromatic rings. The van der Waals surface area contributed by atoms with Gasteiger partial charge in [0.1, 0.15) is 5.15 Å². The largest absolute Gasteiger partial charge is 0.380 e. The second-order valence-electron chi connectivity index (χ2n) is 5.13. The summed E-state index contributed by atoms with van der Waals surface area (Å²) >= 11 is 12.1. The Hall–Kier alpha value is -0.510. The van der Waals surface area contributed by atoms with Crippen LogP contribution >= 0.6 is 23.2 Å². The van der Waals surface area contributed by atoms with Crippen LogP contribution in [0.2, 0.25) is 10.3 Å². The van der Waals surface area contributed by atoms with Gasteiger partial charge in [0.25, 0.3) is 0 Å². The van der Waals surface area contributed by atoms with E-state index in [9.17, 15) is 0 Å². The van der Waals surface area contributed by atoms with Crippen LogP contribution in [-0.4, -0.2) is 35.6 Å². The van der Waals surface area contributed by atoms with E-state index in [1.807, 2.05) is 13.0 Å². The van der Waals surface area contributed by atoms with Crippen LogP contribution in [0.15, 0.2) is 6.07 Å². The van der Waals surface area contributed by atoms with Crippen LogP contribution in [0.25, 0.3) is 0 Å². The van der Waals surface area contributed by atoms with E-state index in [2.05, 4.69) is 22.1 Å². The molecule has 2 heterocycles. The first kappa shape index (κ1) is 14.9. The zero-order valence-corrected chi connectivity index (χ0v) is 13.1. The highest BCUT2D eigenvalue weighted by molar-refractivity contribution is 6.34. The van der Waals surface area contributed by atoms with Crippen LogP contribution in [0.4, 0.5) is 5.69 Å². The predicted octanol–water partition coefficient (Wildman–Crippen LogP) is 3.98. The number of anilines is 1. The minimum atomic E-state index is 0.450. The Morgan fingerprint density at radius 3 is 2.84 bits per heavy atom. The number of halogens is 2. The molecule has 2 rings (SSSR count). The molecule has 0 saturated carbocycles. The molecular formula is C14H21Cl2N3. The number of nitrogens with zero attached hydrogens (tertiary/aromatic N) is 2. The van der Waals surface area contributed by atoms with Crippen molar-refractivity contribution in [1.82, 2.24) is 9.88 Å². The summed E-state index contributed by atoms with van der Waals surface area (Å²) in [7, 11) is 0. The van der Waals surface area contributed by atoms with Crippen LogP contribution in [0, 0.1) is 6.92 Å². The first-order valence-corrected chi connectivity index (χ1v) is 7.67. The Morgan fingerprint density at radius 2 is 2.16 bits per heavy atom. The highest BCUT2D eigenvalue weighted by atomic mass is 35.5. The highest BCUT2D eigenvalue weighted by Crippen LogP contribution is 2.28. The van der Waals surface area contributed by atoms with Crippen LogP contribution < -0.4 is 5.32 Å². The lowest BCUT2D eigenvalue weighted by atomic mass is 10.1. The maximum atomic E-state index is 6.18. The third-order valence-corrected chi connectivity index (χ3v) is 4.22. The summed E-state index contributed by atoms with van der Waals surface area (Å²) in [4.78, 5) is 6.61. The minimum absolute atomic E-state index is 0.450. The third kappa shape index (κ3) is 3.98. The van der Waals surface area contributed by atoms with Crippen molar-refractivity contribution >= 4 is 28.9 Å². The molecule has 19 heavy (non-hydrogen) atoms. The molecule has 3 nitrogen and oxygen atoms in total. The number of hydrogen-bond acceptors (Lipinski definition) is 3. The lowest BCUT2D eigenvalue weighted by Crippen LogP contribution is -2.26. The predicted molar refractivity (Wildman–Crippen MR) is 82.4 cm³/mol. The molecule has 0 spiro atoms. The maximum Gasteiger partial charge on any atom is 0.154 e. The van der Waals surface area contributed by atoms with E-state index in [1.54, 1.807) is 0 Å². The zero-order valence-electron chi connectivity index (χ0n) is 11.5. The Labute approximate surface area is 125 Å². The molecule has 0 amide bonds. The zero-order chi connectivity index (χ0) is 13.8.